The van der Waals surface area contributed by atoms with Gasteiger partial charge in [0.1, 0.15) is 13.8 Å². The van der Waals surface area contributed by atoms with Crippen molar-refractivity contribution in [2.24, 2.45) is 0 Å². The van der Waals surface area contributed by atoms with Gasteiger partial charge in [0, 0.05) is 5.02 Å². The van der Waals surface area contributed by atoms with Gasteiger partial charge in [-0.3, -0.25) is 0 Å². The Kier molecular flexibility index (Phi) is 5.42. The van der Waals surface area contributed by atoms with Gasteiger partial charge in [-0.25, -0.2) is 0 Å². The van der Waals surface area contributed by atoms with Crippen molar-refractivity contribution in [1.82, 2.24) is 0 Å². The van der Waals surface area contributed by atoms with Gasteiger partial charge >= 0.3 is 0 Å². The van der Waals surface area contributed by atoms with Gasteiger partial charge in [0.05, 0.1) is 5.56 Å². The normalized spacial score (nSPS) is 12.6. The summed E-state index contributed by atoms with van der Waals surface area (Å²) in [7, 11) is -3.29. The summed E-state index contributed by atoms with van der Waals surface area (Å²) in [5.41, 5.74) is 4.31. The van der Waals surface area contributed by atoms with Gasteiger partial charge in [-0.15, -0.1) is 5.54 Å². The minimum absolute atomic E-state index is 0.163. The molecule has 0 heterocycles. The van der Waals surface area contributed by atoms with E-state index in [1.165, 1.54) is 0 Å². The molecule has 21 heavy (non-hydrogen) atoms. The lowest BCUT2D eigenvalue weighted by Crippen LogP contribution is -2.44. The van der Waals surface area contributed by atoms with Crippen molar-refractivity contribution in [1.29, 1.82) is 0 Å². The van der Waals surface area contributed by atoms with E-state index >= 15 is 0 Å². The zero-order valence-electron chi connectivity index (χ0n) is 14.5. The fraction of sp³-hybridized carbons (Fsp3) is 0.529. The molecule has 0 aliphatic heterocycles. The fourth-order valence-electron chi connectivity index (χ4n) is 1.37. The van der Waals surface area contributed by atoms with E-state index in [1.807, 2.05) is 18.2 Å². The largest absolute Gasteiger partial charge is 0.543 e. The van der Waals surface area contributed by atoms with Crippen molar-refractivity contribution in [2.75, 3.05) is 0 Å². The summed E-state index contributed by atoms with van der Waals surface area (Å²) in [5, 5.41) is 0.869. The molecule has 0 radical (unpaired) electrons. The Balaban J connectivity index is 3.22. The summed E-state index contributed by atoms with van der Waals surface area (Å²) < 4.78 is 6.41. The minimum atomic E-state index is -1.87. The second-order valence-corrected chi connectivity index (χ2v) is 17.9. The molecule has 0 spiro atoms. The Hall–Kier alpha value is -0.696. The van der Waals surface area contributed by atoms with Gasteiger partial charge in [-0.1, -0.05) is 57.9 Å². The monoisotopic (exact) mass is 338 g/mol. The minimum Gasteiger partial charge on any atom is -0.543 e. The highest BCUT2D eigenvalue weighted by molar-refractivity contribution is 6.83. The van der Waals surface area contributed by atoms with Crippen LogP contribution in [0.25, 0.3) is 0 Å². The fourth-order valence-corrected chi connectivity index (χ4v) is 3.09. The van der Waals surface area contributed by atoms with Gasteiger partial charge in [0.2, 0.25) is 0 Å². The van der Waals surface area contributed by atoms with Gasteiger partial charge in [0.25, 0.3) is 8.32 Å². The molecular formula is C17H27ClOSi2. The first-order valence-electron chi connectivity index (χ1n) is 7.34. The molecule has 0 amide bonds. The zero-order valence-corrected chi connectivity index (χ0v) is 17.3. The molecule has 0 unspecified atom stereocenters. The predicted molar refractivity (Wildman–Crippen MR) is 99.5 cm³/mol. The van der Waals surface area contributed by atoms with E-state index in [2.05, 4.69) is 65.0 Å². The van der Waals surface area contributed by atoms with Gasteiger partial charge < -0.3 is 4.43 Å². The Morgan fingerprint density at radius 2 is 1.62 bits per heavy atom. The molecule has 0 aliphatic rings. The van der Waals surface area contributed by atoms with Gasteiger partial charge in [-0.05, 0) is 36.3 Å². The molecule has 0 atom stereocenters. The Bertz CT molecular complexity index is 569. The third-order valence-corrected chi connectivity index (χ3v) is 9.14. The quantitative estimate of drug-likeness (QED) is 0.478. The lowest BCUT2D eigenvalue weighted by atomic mass is 10.2. The van der Waals surface area contributed by atoms with Crippen molar-refractivity contribution in [3.05, 3.63) is 28.8 Å². The van der Waals surface area contributed by atoms with E-state index in [0.29, 0.717) is 5.02 Å². The molecule has 4 heteroatoms. The van der Waals surface area contributed by atoms with Crippen LogP contribution in [-0.2, 0) is 0 Å². The van der Waals surface area contributed by atoms with Crippen molar-refractivity contribution in [3.8, 4) is 17.2 Å². The molecule has 0 aromatic heterocycles. The van der Waals surface area contributed by atoms with Crippen molar-refractivity contribution >= 4 is 28.0 Å². The van der Waals surface area contributed by atoms with Crippen LogP contribution in [0.1, 0.15) is 26.3 Å². The molecular weight excluding hydrogens is 312 g/mol. The number of rotatable bonds is 2. The SMILES string of the molecule is CC(C)(C)[Si](C)(C)Oc1ccc(Cl)cc1C#C[Si](C)(C)C. The van der Waals surface area contributed by atoms with Crippen LogP contribution in [0.5, 0.6) is 5.75 Å². The molecule has 116 valence electrons. The van der Waals surface area contributed by atoms with E-state index in [1.54, 1.807) is 0 Å². The number of halogens is 1. The Morgan fingerprint density at radius 3 is 2.10 bits per heavy atom. The molecule has 0 bridgehead atoms. The van der Waals surface area contributed by atoms with E-state index < -0.39 is 16.4 Å². The van der Waals surface area contributed by atoms with Crippen LogP contribution in [0.15, 0.2) is 18.2 Å². The van der Waals surface area contributed by atoms with Crippen molar-refractivity contribution in [3.63, 3.8) is 0 Å². The maximum atomic E-state index is 6.41. The molecule has 0 fully saturated rings. The summed E-state index contributed by atoms with van der Waals surface area (Å²) in [4.78, 5) is 0. The highest BCUT2D eigenvalue weighted by Crippen LogP contribution is 2.38. The molecule has 0 aliphatic carbocycles. The highest BCUT2D eigenvalue weighted by atomic mass is 35.5. The second kappa shape index (κ2) is 6.20. The number of hydrogen-bond acceptors (Lipinski definition) is 1. The first-order valence-corrected chi connectivity index (χ1v) is 14.1. The molecule has 0 saturated heterocycles. The Morgan fingerprint density at radius 1 is 1.05 bits per heavy atom. The maximum Gasteiger partial charge on any atom is 0.250 e. The molecule has 0 N–H and O–H groups in total. The number of hydrogen-bond donors (Lipinski definition) is 0. The third kappa shape index (κ3) is 5.54. The molecule has 1 nitrogen and oxygen atoms in total. The number of benzene rings is 1. The first kappa shape index (κ1) is 18.4. The molecule has 1 aromatic carbocycles. The van der Waals surface area contributed by atoms with Crippen LogP contribution in [0.3, 0.4) is 0 Å². The summed E-state index contributed by atoms with van der Waals surface area (Å²) >= 11 is 6.13. The van der Waals surface area contributed by atoms with Gasteiger partial charge in [0.15, 0.2) is 0 Å². The summed E-state index contributed by atoms with van der Waals surface area (Å²) in [6.45, 7) is 17.9. The van der Waals surface area contributed by atoms with Crippen LogP contribution in [0.4, 0.5) is 0 Å². The molecule has 1 aromatic rings. The maximum absolute atomic E-state index is 6.41. The van der Waals surface area contributed by atoms with Crippen LogP contribution >= 0.6 is 11.6 Å². The van der Waals surface area contributed by atoms with Gasteiger partial charge in [-0.2, -0.15) is 0 Å². The smallest absolute Gasteiger partial charge is 0.250 e. The van der Waals surface area contributed by atoms with Crippen LogP contribution < -0.4 is 4.43 Å². The topological polar surface area (TPSA) is 9.23 Å². The molecule has 1 rings (SSSR count). The van der Waals surface area contributed by atoms with E-state index in [9.17, 15) is 0 Å². The summed E-state index contributed by atoms with van der Waals surface area (Å²) in [6.07, 6.45) is 0. The van der Waals surface area contributed by atoms with Crippen LogP contribution in [0.2, 0.25) is 42.8 Å². The lowest BCUT2D eigenvalue weighted by Gasteiger charge is -2.36. The van der Waals surface area contributed by atoms with E-state index in [0.717, 1.165) is 11.3 Å². The zero-order chi connectivity index (χ0) is 16.5. The van der Waals surface area contributed by atoms with Crippen LogP contribution in [-0.4, -0.2) is 16.4 Å². The first-order chi connectivity index (χ1) is 9.32. The summed E-state index contributed by atoms with van der Waals surface area (Å²) in [5.74, 6) is 4.16. The van der Waals surface area contributed by atoms with E-state index in [-0.39, 0.29) is 5.04 Å². The third-order valence-electron chi connectivity index (χ3n) is 3.69. The van der Waals surface area contributed by atoms with Crippen molar-refractivity contribution in [2.45, 2.75) is 58.5 Å². The van der Waals surface area contributed by atoms with E-state index in [4.69, 9.17) is 16.0 Å². The second-order valence-electron chi connectivity index (χ2n) is 8.00. The average Bonchev–Trinajstić information content (AvgIpc) is 2.26. The standard InChI is InChI=1S/C17H27ClOSi2/c1-17(2,3)21(7,8)19-16-10-9-15(18)13-14(16)11-12-20(4,5)6/h9-10,13H,1-8H3. The average molecular weight is 339 g/mol. The summed E-state index contributed by atoms with van der Waals surface area (Å²) in [6, 6.07) is 5.75. The predicted octanol–water partition coefficient (Wildman–Crippen LogP) is 5.95. The molecule has 0 saturated carbocycles. The Labute approximate surface area is 137 Å². The highest BCUT2D eigenvalue weighted by Gasteiger charge is 2.39. The lowest BCUT2D eigenvalue weighted by molar-refractivity contribution is 0.491. The van der Waals surface area contributed by atoms with Crippen LogP contribution in [0, 0.1) is 11.5 Å². The van der Waals surface area contributed by atoms with Crippen molar-refractivity contribution < 1.29 is 4.43 Å².